The third kappa shape index (κ3) is 5.86. The van der Waals surface area contributed by atoms with E-state index < -0.39 is 5.97 Å². The number of nitrogens with zero attached hydrogens (tertiary/aromatic N) is 2. The Morgan fingerprint density at radius 1 is 1.35 bits per heavy atom. The highest BCUT2D eigenvalue weighted by Crippen LogP contribution is 2.31. The Morgan fingerprint density at radius 2 is 2.23 bits per heavy atom. The second-order valence-electron chi connectivity index (χ2n) is 9.13. The first-order chi connectivity index (χ1) is 15.0. The van der Waals surface area contributed by atoms with Crippen LogP contribution in [0.25, 0.3) is 0 Å². The Hall–Kier alpha value is -1.92. The summed E-state index contributed by atoms with van der Waals surface area (Å²) in [6.45, 7) is 5.13. The number of rotatable bonds is 8. The number of nitrogens with one attached hydrogen (secondary N) is 1. The van der Waals surface area contributed by atoms with E-state index in [1.54, 1.807) is 0 Å². The molecule has 0 spiro atoms. The molecule has 1 aromatic carbocycles. The first-order valence-electron chi connectivity index (χ1n) is 11.4. The van der Waals surface area contributed by atoms with E-state index in [1.807, 2.05) is 18.2 Å². The van der Waals surface area contributed by atoms with Crippen molar-refractivity contribution in [1.82, 2.24) is 9.88 Å². The molecule has 2 aromatic rings. The van der Waals surface area contributed by atoms with Crippen molar-refractivity contribution in [2.75, 3.05) is 25.0 Å². The summed E-state index contributed by atoms with van der Waals surface area (Å²) in [4.78, 5) is 18.8. The molecule has 2 aliphatic rings. The van der Waals surface area contributed by atoms with Gasteiger partial charge in [0.05, 0.1) is 6.42 Å². The van der Waals surface area contributed by atoms with Crippen LogP contribution in [0.3, 0.4) is 0 Å². The number of anilines is 1. The third-order valence-corrected chi connectivity index (χ3v) is 7.24. The van der Waals surface area contributed by atoms with Crippen LogP contribution in [-0.2, 0) is 17.6 Å². The largest absolute Gasteiger partial charge is 0.481 e. The number of carboxylic acids is 1. The Bertz CT molecular complexity index is 919. The third-order valence-electron chi connectivity index (χ3n) is 6.75. The Labute approximate surface area is 193 Å². The molecular formula is C25H32BrN3O2. The monoisotopic (exact) mass is 485 g/mol. The molecule has 2 unspecified atom stereocenters. The minimum atomic E-state index is -0.736. The van der Waals surface area contributed by atoms with Gasteiger partial charge in [0, 0.05) is 41.8 Å². The lowest BCUT2D eigenvalue weighted by Gasteiger charge is -2.27. The summed E-state index contributed by atoms with van der Waals surface area (Å²) in [5.41, 5.74) is 3.61. The smallest absolute Gasteiger partial charge is 0.304 e. The summed E-state index contributed by atoms with van der Waals surface area (Å²) in [6.07, 6.45) is 5.78. The first kappa shape index (κ1) is 22.3. The highest BCUT2D eigenvalue weighted by Gasteiger charge is 2.31. The molecular weight excluding hydrogens is 454 g/mol. The number of benzene rings is 1. The normalized spacial score (nSPS) is 22.0. The number of hydrogen-bond donors (Lipinski definition) is 2. The van der Waals surface area contributed by atoms with Crippen LogP contribution in [0.5, 0.6) is 0 Å². The highest BCUT2D eigenvalue weighted by atomic mass is 79.9. The molecule has 0 radical (unpaired) electrons. The molecule has 5 nitrogen and oxygen atoms in total. The van der Waals surface area contributed by atoms with Crippen molar-refractivity contribution >= 4 is 27.7 Å². The van der Waals surface area contributed by atoms with E-state index in [9.17, 15) is 9.90 Å². The number of halogens is 1. The zero-order valence-electron chi connectivity index (χ0n) is 18.2. The van der Waals surface area contributed by atoms with Crippen LogP contribution in [0, 0.1) is 5.92 Å². The maximum absolute atomic E-state index is 11.5. The summed E-state index contributed by atoms with van der Waals surface area (Å²) >= 11 is 3.52. The number of aromatic nitrogens is 1. The standard InChI is InChI=1S/C25H32BrN3O2/c1-17-12-18(7-9-23-10-8-19-5-3-11-27-25(19)28-23)15-29(17)16-21(14-24(30)31)20-4-2-6-22(26)13-20/h2,4,6,8,10,13,17-18,21H,3,5,7,9,11-12,14-16H2,1H3,(H,27,28)(H,30,31)/t17?,18-,21?/m1/s1. The van der Waals surface area contributed by atoms with Gasteiger partial charge < -0.3 is 10.4 Å². The molecule has 1 aromatic heterocycles. The van der Waals surface area contributed by atoms with Gasteiger partial charge in [0.2, 0.25) is 0 Å². The molecule has 0 aliphatic carbocycles. The zero-order valence-corrected chi connectivity index (χ0v) is 19.8. The van der Waals surface area contributed by atoms with Crippen LogP contribution >= 0.6 is 15.9 Å². The maximum Gasteiger partial charge on any atom is 0.304 e. The van der Waals surface area contributed by atoms with Crippen LogP contribution in [-0.4, -0.2) is 46.6 Å². The predicted octanol–water partition coefficient (Wildman–Crippen LogP) is 5.10. The Morgan fingerprint density at radius 3 is 3.03 bits per heavy atom. The number of hydrogen-bond acceptors (Lipinski definition) is 4. The van der Waals surface area contributed by atoms with Gasteiger partial charge in [-0.3, -0.25) is 9.69 Å². The topological polar surface area (TPSA) is 65.5 Å². The second-order valence-corrected chi connectivity index (χ2v) is 10.0. The van der Waals surface area contributed by atoms with Gasteiger partial charge in [-0.15, -0.1) is 0 Å². The Kier molecular flexibility index (Phi) is 7.28. The van der Waals surface area contributed by atoms with Crippen molar-refractivity contribution in [1.29, 1.82) is 0 Å². The van der Waals surface area contributed by atoms with E-state index >= 15 is 0 Å². The van der Waals surface area contributed by atoms with Crippen LogP contribution < -0.4 is 5.32 Å². The molecule has 1 saturated heterocycles. The van der Waals surface area contributed by atoms with Crippen molar-refractivity contribution in [3.8, 4) is 0 Å². The fraction of sp³-hybridized carbons (Fsp3) is 0.520. The van der Waals surface area contributed by atoms with Gasteiger partial charge in [0.1, 0.15) is 5.82 Å². The molecule has 3 heterocycles. The summed E-state index contributed by atoms with van der Waals surface area (Å²) in [5.74, 6) is 0.981. The van der Waals surface area contributed by atoms with E-state index in [0.29, 0.717) is 12.0 Å². The number of aryl methyl sites for hydroxylation is 2. The summed E-state index contributed by atoms with van der Waals surface area (Å²) < 4.78 is 1.000. The van der Waals surface area contributed by atoms with Crippen molar-refractivity contribution in [3.63, 3.8) is 0 Å². The van der Waals surface area contributed by atoms with E-state index in [0.717, 1.165) is 54.8 Å². The van der Waals surface area contributed by atoms with Gasteiger partial charge in [-0.1, -0.05) is 34.1 Å². The van der Waals surface area contributed by atoms with Crippen LogP contribution in [0.15, 0.2) is 40.9 Å². The fourth-order valence-corrected chi connectivity index (χ4v) is 5.50. The lowest BCUT2D eigenvalue weighted by Crippen LogP contribution is -2.32. The molecule has 166 valence electrons. The van der Waals surface area contributed by atoms with Crippen molar-refractivity contribution < 1.29 is 9.90 Å². The van der Waals surface area contributed by atoms with Crippen LogP contribution in [0.2, 0.25) is 0 Å². The quantitative estimate of drug-likeness (QED) is 0.544. The molecule has 1 fully saturated rings. The van der Waals surface area contributed by atoms with Crippen molar-refractivity contribution in [2.45, 2.75) is 57.4 Å². The SMILES string of the molecule is CC1C[C@@H](CCc2ccc3c(n2)NCCC3)CN1CC(CC(=O)O)c1cccc(Br)c1. The molecule has 0 saturated carbocycles. The molecule has 0 amide bonds. The lowest BCUT2D eigenvalue weighted by molar-refractivity contribution is -0.137. The molecule has 31 heavy (non-hydrogen) atoms. The van der Waals surface area contributed by atoms with Gasteiger partial charge in [-0.25, -0.2) is 4.98 Å². The highest BCUT2D eigenvalue weighted by molar-refractivity contribution is 9.10. The van der Waals surface area contributed by atoms with E-state index in [-0.39, 0.29) is 12.3 Å². The number of carboxylic acid groups (broad SMARTS) is 1. The van der Waals surface area contributed by atoms with Gasteiger partial charge in [0.25, 0.3) is 0 Å². The summed E-state index contributed by atoms with van der Waals surface area (Å²) in [5, 5.41) is 12.9. The summed E-state index contributed by atoms with van der Waals surface area (Å²) in [6, 6.07) is 13.0. The second kappa shape index (κ2) is 10.1. The summed E-state index contributed by atoms with van der Waals surface area (Å²) in [7, 11) is 0. The molecule has 6 heteroatoms. The van der Waals surface area contributed by atoms with E-state index in [2.05, 4.69) is 51.3 Å². The molecule has 4 rings (SSSR count). The van der Waals surface area contributed by atoms with Crippen LogP contribution in [0.4, 0.5) is 5.82 Å². The Balaban J connectivity index is 1.35. The molecule has 0 bridgehead atoms. The van der Waals surface area contributed by atoms with Crippen molar-refractivity contribution in [3.05, 3.63) is 57.7 Å². The van der Waals surface area contributed by atoms with Gasteiger partial charge in [-0.05, 0) is 74.3 Å². The number of likely N-dealkylation sites (tertiary alicyclic amines) is 1. The molecule has 3 atom stereocenters. The van der Waals surface area contributed by atoms with E-state index in [4.69, 9.17) is 4.98 Å². The maximum atomic E-state index is 11.5. The number of pyridine rings is 1. The number of carbonyl (C=O) groups is 1. The average Bonchev–Trinajstić information content (AvgIpc) is 3.10. The van der Waals surface area contributed by atoms with Gasteiger partial charge >= 0.3 is 5.97 Å². The minimum absolute atomic E-state index is 0.00425. The van der Waals surface area contributed by atoms with Crippen molar-refractivity contribution in [2.24, 2.45) is 5.92 Å². The molecule has 2 aliphatic heterocycles. The molecule has 2 N–H and O–H groups in total. The lowest BCUT2D eigenvalue weighted by atomic mass is 9.95. The van der Waals surface area contributed by atoms with Gasteiger partial charge in [0.15, 0.2) is 0 Å². The first-order valence-corrected chi connectivity index (χ1v) is 12.2. The number of fused-ring (bicyclic) bond motifs is 1. The zero-order chi connectivity index (χ0) is 21.8. The van der Waals surface area contributed by atoms with Crippen LogP contribution in [0.1, 0.15) is 55.3 Å². The fourth-order valence-electron chi connectivity index (χ4n) is 5.08. The number of aliphatic carboxylic acids is 1. The van der Waals surface area contributed by atoms with Gasteiger partial charge in [-0.2, -0.15) is 0 Å². The van der Waals surface area contributed by atoms with E-state index in [1.165, 1.54) is 24.1 Å². The minimum Gasteiger partial charge on any atom is -0.481 e. The predicted molar refractivity (Wildman–Crippen MR) is 128 cm³/mol. The average molecular weight is 486 g/mol.